The monoisotopic (exact) mass is 350 g/mol. The van der Waals surface area contributed by atoms with Crippen LogP contribution in [0.2, 0.25) is 5.02 Å². The Morgan fingerprint density at radius 1 is 0.870 bits per heavy atom. The van der Waals surface area contributed by atoms with Crippen LogP contribution in [0, 0.1) is 0 Å². The molecule has 1 aliphatic rings. The Bertz CT molecular complexity index is 782. The summed E-state index contributed by atoms with van der Waals surface area (Å²) >= 11 is 6.26. The van der Waals surface area contributed by atoms with Crippen molar-refractivity contribution >= 4 is 32.8 Å². The number of sulfone groups is 1. The minimum atomic E-state index is -3.14. The van der Waals surface area contributed by atoms with Gasteiger partial charge in [-0.1, -0.05) is 23.7 Å². The summed E-state index contributed by atoms with van der Waals surface area (Å²) in [6.45, 7) is 3.53. The highest BCUT2D eigenvalue weighted by molar-refractivity contribution is 7.90. The van der Waals surface area contributed by atoms with Crippen molar-refractivity contribution in [2.24, 2.45) is 0 Å². The van der Waals surface area contributed by atoms with E-state index in [4.69, 9.17) is 11.6 Å². The highest BCUT2D eigenvalue weighted by Gasteiger charge is 2.19. The molecule has 1 heterocycles. The van der Waals surface area contributed by atoms with Crippen molar-refractivity contribution in [3.05, 3.63) is 53.6 Å². The van der Waals surface area contributed by atoms with Gasteiger partial charge in [0, 0.05) is 38.1 Å². The van der Waals surface area contributed by atoms with Crippen molar-refractivity contribution in [3.63, 3.8) is 0 Å². The lowest BCUT2D eigenvalue weighted by Crippen LogP contribution is -2.46. The average Bonchev–Trinajstić information content (AvgIpc) is 2.55. The molecule has 6 heteroatoms. The third-order valence-electron chi connectivity index (χ3n) is 4.10. The number of hydrogen-bond acceptors (Lipinski definition) is 4. The second-order valence-electron chi connectivity index (χ2n) is 5.69. The van der Waals surface area contributed by atoms with Crippen LogP contribution in [-0.2, 0) is 9.84 Å². The van der Waals surface area contributed by atoms with Crippen LogP contribution in [0.1, 0.15) is 0 Å². The van der Waals surface area contributed by atoms with Crippen molar-refractivity contribution in [1.82, 2.24) is 0 Å². The predicted octanol–water partition coefficient (Wildman–Crippen LogP) is 3.07. The Balaban J connectivity index is 1.68. The van der Waals surface area contributed by atoms with Gasteiger partial charge in [-0.2, -0.15) is 0 Å². The van der Waals surface area contributed by atoms with Gasteiger partial charge in [-0.15, -0.1) is 0 Å². The first-order valence-electron chi connectivity index (χ1n) is 7.50. The summed E-state index contributed by atoms with van der Waals surface area (Å²) in [7, 11) is -3.14. The van der Waals surface area contributed by atoms with Gasteiger partial charge < -0.3 is 9.80 Å². The van der Waals surface area contributed by atoms with Crippen LogP contribution in [-0.4, -0.2) is 40.9 Å². The second-order valence-corrected chi connectivity index (χ2v) is 8.11. The van der Waals surface area contributed by atoms with Gasteiger partial charge >= 0.3 is 0 Å². The second kappa shape index (κ2) is 6.42. The van der Waals surface area contributed by atoms with Gasteiger partial charge in [0.2, 0.25) is 0 Å². The molecule has 1 fully saturated rings. The van der Waals surface area contributed by atoms with Crippen molar-refractivity contribution in [2.45, 2.75) is 4.90 Å². The van der Waals surface area contributed by atoms with E-state index >= 15 is 0 Å². The first kappa shape index (κ1) is 16.1. The van der Waals surface area contributed by atoms with Gasteiger partial charge in [-0.3, -0.25) is 0 Å². The fourth-order valence-corrected chi connectivity index (χ4v) is 3.70. The Hall–Kier alpha value is -1.72. The lowest BCUT2D eigenvalue weighted by Gasteiger charge is -2.37. The van der Waals surface area contributed by atoms with E-state index in [2.05, 4.69) is 9.80 Å². The molecule has 0 spiro atoms. The minimum absolute atomic E-state index is 0.357. The molecule has 23 heavy (non-hydrogen) atoms. The van der Waals surface area contributed by atoms with E-state index in [1.54, 1.807) is 12.1 Å². The third-order valence-corrected chi connectivity index (χ3v) is 5.55. The molecule has 0 radical (unpaired) electrons. The summed E-state index contributed by atoms with van der Waals surface area (Å²) in [4.78, 5) is 4.90. The summed E-state index contributed by atoms with van der Waals surface area (Å²) in [6, 6.07) is 15.0. The number of rotatable bonds is 3. The van der Waals surface area contributed by atoms with Crippen LogP contribution >= 0.6 is 11.6 Å². The Labute approximate surface area is 142 Å². The van der Waals surface area contributed by atoms with Crippen LogP contribution in [0.25, 0.3) is 0 Å². The molecule has 0 atom stereocenters. The standard InChI is InChI=1S/C17H19ClN2O2S/c1-23(21,22)15-8-6-14(7-9-15)19-10-12-20(13-11-19)17-5-3-2-4-16(17)18/h2-9H,10-13H2,1H3. The number of nitrogens with zero attached hydrogens (tertiary/aromatic N) is 2. The molecular formula is C17H19ClN2O2S. The maximum absolute atomic E-state index is 11.5. The Morgan fingerprint density at radius 2 is 1.43 bits per heavy atom. The maximum atomic E-state index is 11.5. The largest absolute Gasteiger partial charge is 0.368 e. The number of anilines is 2. The van der Waals surface area contributed by atoms with E-state index in [1.165, 1.54) is 6.26 Å². The van der Waals surface area contributed by atoms with E-state index in [-0.39, 0.29) is 0 Å². The molecule has 4 nitrogen and oxygen atoms in total. The lowest BCUT2D eigenvalue weighted by molar-refractivity contribution is 0.602. The van der Waals surface area contributed by atoms with Crippen molar-refractivity contribution in [2.75, 3.05) is 42.2 Å². The SMILES string of the molecule is CS(=O)(=O)c1ccc(N2CCN(c3ccccc3Cl)CC2)cc1. The smallest absolute Gasteiger partial charge is 0.175 e. The maximum Gasteiger partial charge on any atom is 0.175 e. The van der Waals surface area contributed by atoms with Crippen LogP contribution in [0.4, 0.5) is 11.4 Å². The van der Waals surface area contributed by atoms with E-state index in [1.807, 2.05) is 36.4 Å². The molecule has 2 aromatic rings. The van der Waals surface area contributed by atoms with Crippen molar-refractivity contribution in [3.8, 4) is 0 Å². The number of benzene rings is 2. The lowest BCUT2D eigenvalue weighted by atomic mass is 10.2. The Kier molecular flexibility index (Phi) is 4.50. The zero-order valence-corrected chi connectivity index (χ0v) is 14.5. The molecule has 2 aromatic carbocycles. The summed E-state index contributed by atoms with van der Waals surface area (Å²) in [6.07, 6.45) is 1.23. The molecule has 0 saturated carbocycles. The fraction of sp³-hybridized carbons (Fsp3) is 0.294. The highest BCUT2D eigenvalue weighted by atomic mass is 35.5. The average molecular weight is 351 g/mol. The molecule has 0 amide bonds. The van der Waals surface area contributed by atoms with E-state index in [0.717, 1.165) is 42.6 Å². The zero-order valence-electron chi connectivity index (χ0n) is 12.9. The van der Waals surface area contributed by atoms with E-state index < -0.39 is 9.84 Å². The quantitative estimate of drug-likeness (QED) is 0.853. The van der Waals surface area contributed by atoms with E-state index in [0.29, 0.717) is 4.90 Å². The van der Waals surface area contributed by atoms with Crippen LogP contribution < -0.4 is 9.80 Å². The van der Waals surface area contributed by atoms with Gasteiger partial charge in [0.05, 0.1) is 15.6 Å². The van der Waals surface area contributed by atoms with Crippen LogP contribution in [0.5, 0.6) is 0 Å². The van der Waals surface area contributed by atoms with Crippen LogP contribution in [0.15, 0.2) is 53.4 Å². The molecule has 122 valence electrons. The van der Waals surface area contributed by atoms with Crippen LogP contribution in [0.3, 0.4) is 0 Å². The summed E-state index contributed by atoms with van der Waals surface area (Å²) in [5.41, 5.74) is 2.12. The summed E-state index contributed by atoms with van der Waals surface area (Å²) in [5, 5.41) is 0.776. The van der Waals surface area contributed by atoms with Gasteiger partial charge in [0.1, 0.15) is 0 Å². The van der Waals surface area contributed by atoms with Crippen molar-refractivity contribution in [1.29, 1.82) is 0 Å². The van der Waals surface area contributed by atoms with Crippen molar-refractivity contribution < 1.29 is 8.42 Å². The normalized spacial score (nSPS) is 15.7. The van der Waals surface area contributed by atoms with E-state index in [9.17, 15) is 8.42 Å². The Morgan fingerprint density at radius 3 is 2.00 bits per heavy atom. The van der Waals surface area contributed by atoms with Gasteiger partial charge in [-0.05, 0) is 36.4 Å². The first-order chi connectivity index (χ1) is 10.9. The van der Waals surface area contributed by atoms with Gasteiger partial charge in [0.25, 0.3) is 0 Å². The number of halogens is 1. The molecule has 1 aliphatic heterocycles. The molecule has 0 aromatic heterocycles. The molecule has 3 rings (SSSR count). The number of piperazine rings is 1. The first-order valence-corrected chi connectivity index (χ1v) is 9.76. The highest BCUT2D eigenvalue weighted by Crippen LogP contribution is 2.27. The zero-order chi connectivity index (χ0) is 16.4. The fourth-order valence-electron chi connectivity index (χ4n) is 2.82. The van der Waals surface area contributed by atoms with Gasteiger partial charge in [0.15, 0.2) is 9.84 Å². The molecule has 0 unspecified atom stereocenters. The minimum Gasteiger partial charge on any atom is -0.368 e. The molecule has 0 N–H and O–H groups in total. The van der Waals surface area contributed by atoms with Gasteiger partial charge in [-0.25, -0.2) is 8.42 Å². The molecule has 0 aliphatic carbocycles. The predicted molar refractivity (Wildman–Crippen MR) is 95.4 cm³/mol. The summed E-state index contributed by atoms with van der Waals surface area (Å²) in [5.74, 6) is 0. The molecule has 0 bridgehead atoms. The molecule has 1 saturated heterocycles. The topological polar surface area (TPSA) is 40.6 Å². The molecular weight excluding hydrogens is 332 g/mol. The third kappa shape index (κ3) is 3.62. The number of para-hydroxylation sites is 1. The number of hydrogen-bond donors (Lipinski definition) is 0. The summed E-state index contributed by atoms with van der Waals surface area (Å²) < 4.78 is 23.0.